The van der Waals surface area contributed by atoms with Crippen molar-refractivity contribution in [2.24, 2.45) is 0 Å². The van der Waals surface area contributed by atoms with E-state index in [9.17, 15) is 4.79 Å². The van der Waals surface area contributed by atoms with Crippen LogP contribution in [0.5, 0.6) is 0 Å². The van der Waals surface area contributed by atoms with Crippen LogP contribution in [0.3, 0.4) is 0 Å². The van der Waals surface area contributed by atoms with E-state index in [1.54, 1.807) is 24.7 Å². The Balaban J connectivity index is 1.53. The van der Waals surface area contributed by atoms with Crippen molar-refractivity contribution < 1.29 is 19.0 Å². The molecule has 10 heteroatoms. The molecule has 0 N–H and O–H groups in total. The minimum absolute atomic E-state index is 0.0668. The molecule has 4 aromatic heterocycles. The van der Waals surface area contributed by atoms with Crippen LogP contribution in [0, 0.1) is 0 Å². The van der Waals surface area contributed by atoms with Crippen LogP contribution in [0.25, 0.3) is 27.9 Å². The molecule has 6 rings (SSSR count). The van der Waals surface area contributed by atoms with Gasteiger partial charge in [0.2, 0.25) is 0 Å². The third kappa shape index (κ3) is 4.69. The van der Waals surface area contributed by atoms with Gasteiger partial charge in [0.15, 0.2) is 11.3 Å². The summed E-state index contributed by atoms with van der Waals surface area (Å²) in [5.74, 6) is -0.467. The Labute approximate surface area is 232 Å². The van der Waals surface area contributed by atoms with E-state index in [4.69, 9.17) is 24.3 Å². The number of anilines is 1. The van der Waals surface area contributed by atoms with E-state index in [0.29, 0.717) is 31.1 Å². The van der Waals surface area contributed by atoms with Crippen molar-refractivity contribution in [3.63, 3.8) is 0 Å². The molecule has 0 saturated carbocycles. The van der Waals surface area contributed by atoms with Crippen LogP contribution in [-0.2, 0) is 20.8 Å². The molecule has 1 aliphatic rings. The fraction of sp³-hybridized carbons (Fsp3) is 0.333. The van der Waals surface area contributed by atoms with Crippen molar-refractivity contribution in [1.82, 2.24) is 24.1 Å². The van der Waals surface area contributed by atoms with Crippen molar-refractivity contribution >= 4 is 28.3 Å². The highest BCUT2D eigenvalue weighted by Gasteiger charge is 2.30. The van der Waals surface area contributed by atoms with Gasteiger partial charge in [-0.25, -0.2) is 19.3 Å². The number of ether oxygens (including phenoxy) is 3. The summed E-state index contributed by atoms with van der Waals surface area (Å²) in [5.41, 5.74) is 5.31. The van der Waals surface area contributed by atoms with Gasteiger partial charge < -0.3 is 23.7 Å². The van der Waals surface area contributed by atoms with E-state index in [1.165, 1.54) is 6.20 Å². The van der Waals surface area contributed by atoms with E-state index in [2.05, 4.69) is 38.8 Å². The van der Waals surface area contributed by atoms with Crippen LogP contribution in [0.1, 0.15) is 35.4 Å². The second-order valence-corrected chi connectivity index (χ2v) is 9.89. The first-order valence-corrected chi connectivity index (χ1v) is 13.5. The summed E-state index contributed by atoms with van der Waals surface area (Å²) < 4.78 is 20.6. The quantitative estimate of drug-likeness (QED) is 0.265. The first-order chi connectivity index (χ1) is 19.6. The van der Waals surface area contributed by atoms with Crippen molar-refractivity contribution in [2.45, 2.75) is 32.0 Å². The van der Waals surface area contributed by atoms with Gasteiger partial charge in [-0.2, -0.15) is 5.10 Å². The molecule has 1 saturated heterocycles. The fourth-order valence-corrected chi connectivity index (χ4v) is 5.43. The lowest BCUT2D eigenvalue weighted by Crippen LogP contribution is -2.35. The molecule has 5 aromatic rings. The predicted octanol–water partition coefficient (Wildman–Crippen LogP) is 4.54. The number of carbonyl (C=O) groups is 1. The zero-order chi connectivity index (χ0) is 27.6. The second kappa shape index (κ2) is 11.1. The molecule has 40 heavy (non-hydrogen) atoms. The number of rotatable bonds is 8. The Morgan fingerprint density at radius 2 is 2.00 bits per heavy atom. The largest absolute Gasteiger partial charge is 0.461 e. The average molecular weight is 541 g/mol. The average Bonchev–Trinajstić information content (AvgIpc) is 3.59. The third-order valence-corrected chi connectivity index (χ3v) is 7.40. The first-order valence-electron chi connectivity index (χ1n) is 13.5. The Hall–Kier alpha value is -4.28. The zero-order valence-corrected chi connectivity index (χ0v) is 22.9. The summed E-state index contributed by atoms with van der Waals surface area (Å²) in [4.78, 5) is 24.3. The van der Waals surface area contributed by atoms with Crippen molar-refractivity contribution in [3.8, 4) is 11.3 Å². The van der Waals surface area contributed by atoms with Gasteiger partial charge in [-0.05, 0) is 37.1 Å². The molecule has 0 bridgehead atoms. The van der Waals surface area contributed by atoms with Gasteiger partial charge in [0, 0.05) is 50.7 Å². The SMILES string of the molecule is CCOC(=O)c1cnc2c(N(C)Cc3ccccc3)cc(-c3cn(C4CCOC[C@H]4OC)c4ncccc34)nn12. The number of methoxy groups -OCH3 is 1. The Morgan fingerprint density at radius 3 is 2.80 bits per heavy atom. The fourth-order valence-electron chi connectivity index (χ4n) is 5.43. The lowest BCUT2D eigenvalue weighted by molar-refractivity contribution is -0.0592. The number of benzene rings is 1. The molecule has 0 spiro atoms. The monoisotopic (exact) mass is 540 g/mol. The van der Waals surface area contributed by atoms with Crippen LogP contribution < -0.4 is 4.90 Å². The highest BCUT2D eigenvalue weighted by molar-refractivity contribution is 5.95. The highest BCUT2D eigenvalue weighted by atomic mass is 16.5. The molecule has 1 aliphatic heterocycles. The number of imidazole rings is 1. The summed E-state index contributed by atoms with van der Waals surface area (Å²) >= 11 is 0. The molecule has 1 unspecified atom stereocenters. The number of fused-ring (bicyclic) bond motifs is 2. The highest BCUT2D eigenvalue weighted by Crippen LogP contribution is 2.36. The van der Waals surface area contributed by atoms with Gasteiger partial charge in [0.1, 0.15) is 11.8 Å². The summed E-state index contributed by atoms with van der Waals surface area (Å²) in [7, 11) is 3.73. The topological polar surface area (TPSA) is 96.0 Å². The van der Waals surface area contributed by atoms with Crippen molar-refractivity contribution in [2.75, 3.05) is 38.9 Å². The molecule has 206 valence electrons. The van der Waals surface area contributed by atoms with Gasteiger partial charge in [0.05, 0.1) is 36.8 Å². The van der Waals surface area contributed by atoms with E-state index >= 15 is 0 Å². The number of nitrogens with zero attached hydrogens (tertiary/aromatic N) is 6. The molecule has 0 amide bonds. The Bertz CT molecular complexity index is 1650. The normalized spacial score (nSPS) is 17.4. The lowest BCUT2D eigenvalue weighted by atomic mass is 10.1. The Morgan fingerprint density at radius 1 is 1.15 bits per heavy atom. The molecule has 5 heterocycles. The molecular formula is C30H32N6O4. The van der Waals surface area contributed by atoms with Crippen LogP contribution in [0.4, 0.5) is 5.69 Å². The standard InChI is InChI=1S/C30H32N6O4/c1-4-40-30(37)26-16-32-29-25(34(2)17-20-9-6-5-7-10-20)15-23(33-36(26)29)22-18-35(28-21(22)11-8-13-31-28)24-12-14-39-19-27(24)38-3/h5-11,13,15-16,18,24,27H,4,12,14,17,19H2,1-3H3/t24?,27-/m1/s1. The number of aromatic nitrogens is 5. The van der Waals surface area contributed by atoms with Gasteiger partial charge in [-0.1, -0.05) is 30.3 Å². The minimum atomic E-state index is -0.467. The first kappa shape index (κ1) is 26.0. The van der Waals surface area contributed by atoms with Gasteiger partial charge in [-0.3, -0.25) is 0 Å². The molecule has 0 aliphatic carbocycles. The molecule has 1 fully saturated rings. The maximum atomic E-state index is 12.9. The number of pyridine rings is 1. The summed E-state index contributed by atoms with van der Waals surface area (Å²) in [5, 5.41) is 5.90. The van der Waals surface area contributed by atoms with Gasteiger partial charge in [-0.15, -0.1) is 0 Å². The number of hydrogen-bond donors (Lipinski definition) is 0. The Kier molecular flexibility index (Phi) is 7.19. The number of carbonyl (C=O) groups excluding carboxylic acids is 1. The van der Waals surface area contributed by atoms with Crippen LogP contribution in [-0.4, -0.2) is 70.2 Å². The van der Waals surface area contributed by atoms with Crippen molar-refractivity contribution in [3.05, 3.63) is 78.4 Å². The van der Waals surface area contributed by atoms with Crippen LogP contribution >= 0.6 is 0 Å². The minimum Gasteiger partial charge on any atom is -0.461 e. The molecular weight excluding hydrogens is 508 g/mol. The van der Waals surface area contributed by atoms with Crippen LogP contribution in [0.15, 0.2) is 67.1 Å². The molecule has 1 aromatic carbocycles. The molecule has 2 atom stereocenters. The number of hydrogen-bond acceptors (Lipinski definition) is 8. The smallest absolute Gasteiger partial charge is 0.358 e. The molecule has 0 radical (unpaired) electrons. The predicted molar refractivity (Wildman–Crippen MR) is 151 cm³/mol. The van der Waals surface area contributed by atoms with E-state index in [-0.39, 0.29) is 24.4 Å². The van der Waals surface area contributed by atoms with Crippen LogP contribution in [0.2, 0.25) is 0 Å². The lowest BCUT2D eigenvalue weighted by Gasteiger charge is -2.31. The molecule has 10 nitrogen and oxygen atoms in total. The zero-order valence-electron chi connectivity index (χ0n) is 22.9. The number of esters is 1. The summed E-state index contributed by atoms with van der Waals surface area (Å²) in [6.07, 6.45) is 6.14. The van der Waals surface area contributed by atoms with E-state index in [1.807, 2.05) is 37.4 Å². The second-order valence-electron chi connectivity index (χ2n) is 9.89. The summed E-state index contributed by atoms with van der Waals surface area (Å²) in [6, 6.07) is 16.3. The van der Waals surface area contributed by atoms with Gasteiger partial charge in [0.25, 0.3) is 0 Å². The maximum Gasteiger partial charge on any atom is 0.358 e. The summed E-state index contributed by atoms with van der Waals surface area (Å²) in [6.45, 7) is 3.88. The van der Waals surface area contributed by atoms with E-state index < -0.39 is 5.97 Å². The maximum absolute atomic E-state index is 12.9. The van der Waals surface area contributed by atoms with Gasteiger partial charge >= 0.3 is 5.97 Å². The third-order valence-electron chi connectivity index (χ3n) is 7.40. The van der Waals surface area contributed by atoms with Crippen molar-refractivity contribution in [1.29, 1.82) is 0 Å². The van der Waals surface area contributed by atoms with E-state index in [0.717, 1.165) is 34.3 Å².